The maximum atomic E-state index is 13.1. The fourth-order valence-electron chi connectivity index (χ4n) is 4.56. The molecule has 2 aromatic carbocycles. The van der Waals surface area contributed by atoms with Gasteiger partial charge in [0.25, 0.3) is 5.91 Å². The van der Waals surface area contributed by atoms with Crippen molar-refractivity contribution in [2.24, 2.45) is 0 Å². The molecule has 172 valence electrons. The maximum Gasteiger partial charge on any atom is 0.252 e. The van der Waals surface area contributed by atoms with Crippen molar-refractivity contribution in [1.82, 2.24) is 14.5 Å². The molecule has 0 saturated carbocycles. The van der Waals surface area contributed by atoms with E-state index in [4.69, 9.17) is 0 Å². The van der Waals surface area contributed by atoms with E-state index in [-0.39, 0.29) is 16.8 Å². The Bertz CT molecular complexity index is 1110. The molecule has 4 rings (SSSR count). The molecule has 7 heteroatoms. The average Bonchev–Trinajstić information content (AvgIpc) is 2.79. The Labute approximate surface area is 191 Å². The van der Waals surface area contributed by atoms with Gasteiger partial charge >= 0.3 is 0 Å². The van der Waals surface area contributed by atoms with Crippen molar-refractivity contribution in [1.29, 1.82) is 0 Å². The lowest BCUT2D eigenvalue weighted by Crippen LogP contribution is -2.47. The van der Waals surface area contributed by atoms with Crippen molar-refractivity contribution in [3.8, 4) is 0 Å². The molecule has 0 bridgehead atoms. The molecule has 1 saturated heterocycles. The Balaban J connectivity index is 1.52. The molecule has 32 heavy (non-hydrogen) atoms. The van der Waals surface area contributed by atoms with Gasteiger partial charge in [-0.15, -0.1) is 0 Å². The molecule has 6 nitrogen and oxygen atoms in total. The predicted octanol–water partition coefficient (Wildman–Crippen LogP) is 3.30. The monoisotopic (exact) mass is 455 g/mol. The summed E-state index contributed by atoms with van der Waals surface area (Å²) in [7, 11) is -1.63. The van der Waals surface area contributed by atoms with Gasteiger partial charge in [-0.05, 0) is 81.0 Å². The first-order chi connectivity index (χ1) is 15.3. The summed E-state index contributed by atoms with van der Waals surface area (Å²) in [5.41, 5.74) is 5.04. The highest BCUT2D eigenvalue weighted by Crippen LogP contribution is 2.26. The van der Waals surface area contributed by atoms with Crippen molar-refractivity contribution in [3.05, 3.63) is 64.2 Å². The number of hydrogen-bond donors (Lipinski definition) is 1. The molecule has 0 spiro atoms. The van der Waals surface area contributed by atoms with Crippen LogP contribution in [0.5, 0.6) is 0 Å². The molecule has 2 aromatic rings. The molecule has 2 aliphatic rings. The standard InChI is InChI=1S/C25H33N3O3S/c1-18-8-11-23(32(30,31)28-14-12-27(3)13-15-28)17-24(18)25(29)26-19(2)21-10-9-20-6-4-5-7-22(20)16-21/h8-11,16-17,19H,4-7,12-15H2,1-3H3,(H,26,29)/t19-/m0/s1. The fourth-order valence-corrected chi connectivity index (χ4v) is 6.01. The van der Waals surface area contributed by atoms with E-state index in [1.165, 1.54) is 34.3 Å². The summed E-state index contributed by atoms with van der Waals surface area (Å²) in [5, 5.41) is 3.07. The summed E-state index contributed by atoms with van der Waals surface area (Å²) in [4.78, 5) is 15.4. The highest BCUT2D eigenvalue weighted by Gasteiger charge is 2.28. The predicted molar refractivity (Wildman–Crippen MR) is 126 cm³/mol. The number of likely N-dealkylation sites (N-methyl/N-ethyl adjacent to an activating group) is 1. The summed E-state index contributed by atoms with van der Waals surface area (Å²) < 4.78 is 27.8. The number of amides is 1. The highest BCUT2D eigenvalue weighted by atomic mass is 32.2. The molecule has 1 N–H and O–H groups in total. The van der Waals surface area contributed by atoms with Crippen LogP contribution < -0.4 is 5.32 Å². The van der Waals surface area contributed by atoms with Crippen LogP contribution in [0, 0.1) is 6.92 Å². The zero-order valence-corrected chi connectivity index (χ0v) is 20.0. The van der Waals surface area contributed by atoms with E-state index >= 15 is 0 Å². The van der Waals surface area contributed by atoms with Gasteiger partial charge in [-0.2, -0.15) is 4.31 Å². The molecule has 0 radical (unpaired) electrons. The summed E-state index contributed by atoms with van der Waals surface area (Å²) in [5.74, 6) is -0.247. The van der Waals surface area contributed by atoms with Crippen LogP contribution in [-0.2, 0) is 22.9 Å². The number of nitrogens with zero attached hydrogens (tertiary/aromatic N) is 2. The van der Waals surface area contributed by atoms with Gasteiger partial charge in [-0.1, -0.05) is 24.3 Å². The summed E-state index contributed by atoms with van der Waals surface area (Å²) >= 11 is 0. The molecule has 0 aromatic heterocycles. The van der Waals surface area contributed by atoms with Gasteiger partial charge in [0.05, 0.1) is 10.9 Å². The number of hydrogen-bond acceptors (Lipinski definition) is 4. The Morgan fingerprint density at radius 3 is 2.38 bits per heavy atom. The van der Waals surface area contributed by atoms with Gasteiger partial charge in [-0.25, -0.2) is 8.42 Å². The van der Waals surface area contributed by atoms with Gasteiger partial charge in [-0.3, -0.25) is 4.79 Å². The topological polar surface area (TPSA) is 69.7 Å². The van der Waals surface area contributed by atoms with Gasteiger partial charge in [0.2, 0.25) is 10.0 Å². The Kier molecular flexibility index (Phi) is 6.70. The minimum atomic E-state index is -3.62. The second-order valence-corrected chi connectivity index (χ2v) is 11.1. The zero-order chi connectivity index (χ0) is 22.9. The first kappa shape index (κ1) is 23.0. The lowest BCUT2D eigenvalue weighted by Gasteiger charge is -2.31. The summed E-state index contributed by atoms with van der Waals surface area (Å²) in [6.45, 7) is 6.15. The molecule has 1 atom stereocenters. The van der Waals surface area contributed by atoms with E-state index in [2.05, 4.69) is 28.4 Å². The number of carbonyl (C=O) groups is 1. The van der Waals surface area contributed by atoms with Crippen molar-refractivity contribution in [2.75, 3.05) is 33.2 Å². The number of sulfonamides is 1. The first-order valence-corrected chi connectivity index (χ1v) is 12.9. The molecule has 1 heterocycles. The largest absolute Gasteiger partial charge is 0.346 e. The number of piperazine rings is 1. The quantitative estimate of drug-likeness (QED) is 0.751. The van der Waals surface area contributed by atoms with E-state index in [1.54, 1.807) is 12.1 Å². The van der Waals surface area contributed by atoms with Gasteiger partial charge in [0, 0.05) is 31.7 Å². The normalized spacial score (nSPS) is 18.7. The minimum absolute atomic E-state index is 0.160. The van der Waals surface area contributed by atoms with Crippen molar-refractivity contribution < 1.29 is 13.2 Å². The maximum absolute atomic E-state index is 13.1. The summed E-state index contributed by atoms with van der Waals surface area (Å²) in [6, 6.07) is 11.2. The number of rotatable bonds is 5. The van der Waals surface area contributed by atoms with Crippen LogP contribution in [0.1, 0.15) is 58.4 Å². The second kappa shape index (κ2) is 9.33. The van der Waals surface area contributed by atoms with Crippen LogP contribution >= 0.6 is 0 Å². The number of benzene rings is 2. The highest BCUT2D eigenvalue weighted by molar-refractivity contribution is 7.89. The van der Waals surface area contributed by atoms with Crippen molar-refractivity contribution >= 4 is 15.9 Å². The average molecular weight is 456 g/mol. The second-order valence-electron chi connectivity index (χ2n) is 9.11. The Morgan fingerprint density at radius 1 is 0.969 bits per heavy atom. The smallest absolute Gasteiger partial charge is 0.252 e. The minimum Gasteiger partial charge on any atom is -0.346 e. The molecule has 1 amide bonds. The van der Waals surface area contributed by atoms with Crippen LogP contribution in [0.15, 0.2) is 41.3 Å². The van der Waals surface area contributed by atoms with E-state index < -0.39 is 10.0 Å². The van der Waals surface area contributed by atoms with Crippen LogP contribution in [0.25, 0.3) is 0 Å². The molecule has 1 aliphatic carbocycles. The van der Waals surface area contributed by atoms with Crippen molar-refractivity contribution in [3.63, 3.8) is 0 Å². The van der Waals surface area contributed by atoms with Gasteiger partial charge in [0.15, 0.2) is 0 Å². The number of carbonyl (C=O) groups excluding carboxylic acids is 1. The molecular weight excluding hydrogens is 422 g/mol. The van der Waals surface area contributed by atoms with Crippen LogP contribution in [0.2, 0.25) is 0 Å². The number of fused-ring (bicyclic) bond motifs is 1. The molecule has 1 aliphatic heterocycles. The third-order valence-corrected chi connectivity index (χ3v) is 8.67. The Morgan fingerprint density at radius 2 is 1.66 bits per heavy atom. The fraction of sp³-hybridized carbons (Fsp3) is 0.480. The first-order valence-electron chi connectivity index (χ1n) is 11.5. The lowest BCUT2D eigenvalue weighted by molar-refractivity contribution is 0.0939. The lowest BCUT2D eigenvalue weighted by atomic mass is 9.89. The van der Waals surface area contributed by atoms with E-state index in [9.17, 15) is 13.2 Å². The zero-order valence-electron chi connectivity index (χ0n) is 19.2. The van der Waals surface area contributed by atoms with E-state index in [1.807, 2.05) is 20.9 Å². The van der Waals surface area contributed by atoms with Crippen LogP contribution in [0.3, 0.4) is 0 Å². The van der Waals surface area contributed by atoms with Crippen molar-refractivity contribution in [2.45, 2.75) is 50.5 Å². The van der Waals surface area contributed by atoms with E-state index in [0.29, 0.717) is 31.7 Å². The molecule has 1 fully saturated rings. The van der Waals surface area contributed by atoms with Gasteiger partial charge in [0.1, 0.15) is 0 Å². The van der Waals surface area contributed by atoms with Gasteiger partial charge < -0.3 is 10.2 Å². The third kappa shape index (κ3) is 4.75. The Hall–Kier alpha value is -2.22. The van der Waals surface area contributed by atoms with E-state index in [0.717, 1.165) is 24.0 Å². The third-order valence-electron chi connectivity index (χ3n) is 6.77. The molecule has 0 unspecified atom stereocenters. The van der Waals surface area contributed by atoms with Crippen LogP contribution in [0.4, 0.5) is 0 Å². The number of nitrogens with one attached hydrogen (secondary N) is 1. The SMILES string of the molecule is Cc1ccc(S(=O)(=O)N2CCN(C)CC2)cc1C(=O)N[C@@H](C)c1ccc2c(c1)CCCC2. The van der Waals surface area contributed by atoms with Crippen LogP contribution in [-0.4, -0.2) is 56.8 Å². The number of aryl methyl sites for hydroxylation is 3. The summed E-state index contributed by atoms with van der Waals surface area (Å²) in [6.07, 6.45) is 4.68. The molecular formula is C25H33N3O3S.